The fourth-order valence-electron chi connectivity index (χ4n) is 2.08. The number of nitrogens with one attached hydrogen (secondary N) is 1. The lowest BCUT2D eigenvalue weighted by Crippen LogP contribution is -2.44. The summed E-state index contributed by atoms with van der Waals surface area (Å²) >= 11 is 4.55. The molecule has 0 spiro atoms. The predicted octanol–water partition coefficient (Wildman–Crippen LogP) is 2.27. The maximum absolute atomic E-state index is 12.3. The molecule has 0 unspecified atom stereocenters. The first-order valence-corrected chi connectivity index (χ1v) is 9.00. The third-order valence-corrected chi connectivity index (χ3v) is 7.02. The maximum Gasteiger partial charge on any atom is 0.252 e. The van der Waals surface area contributed by atoms with Gasteiger partial charge >= 0.3 is 0 Å². The first-order chi connectivity index (χ1) is 8.50. The number of piperidine rings is 1. The smallest absolute Gasteiger partial charge is 0.252 e. The van der Waals surface area contributed by atoms with E-state index < -0.39 is 10.0 Å². The van der Waals surface area contributed by atoms with Crippen LogP contribution in [0.15, 0.2) is 20.1 Å². The molecule has 1 aliphatic rings. The highest BCUT2D eigenvalue weighted by atomic mass is 79.9. The molecule has 18 heavy (non-hydrogen) atoms. The molecule has 7 heteroatoms. The van der Waals surface area contributed by atoms with Crippen LogP contribution in [0.5, 0.6) is 0 Å². The first-order valence-electron chi connectivity index (χ1n) is 5.95. The van der Waals surface area contributed by atoms with Crippen molar-refractivity contribution >= 4 is 37.3 Å². The second kappa shape index (κ2) is 6.00. The number of sulfonamides is 1. The molecule has 0 saturated carbocycles. The van der Waals surface area contributed by atoms with Crippen molar-refractivity contribution in [2.45, 2.75) is 29.5 Å². The van der Waals surface area contributed by atoms with E-state index in [2.05, 4.69) is 21.2 Å². The number of likely N-dealkylation sites (N-methyl/N-ethyl adjacent to an activating group) is 1. The molecule has 1 atom stereocenters. The van der Waals surface area contributed by atoms with Gasteiger partial charge in [0.2, 0.25) is 0 Å². The SMILES string of the molecule is CN(C[C@H]1CCCCN1)S(=O)(=O)c1ccc(Br)s1. The Morgan fingerprint density at radius 3 is 2.83 bits per heavy atom. The molecule has 0 aliphatic carbocycles. The zero-order valence-corrected chi connectivity index (χ0v) is 13.4. The molecular weight excluding hydrogens is 336 g/mol. The molecule has 1 aromatic rings. The van der Waals surface area contributed by atoms with Crippen LogP contribution in [0, 0.1) is 0 Å². The van der Waals surface area contributed by atoms with Crippen molar-refractivity contribution in [2.24, 2.45) is 0 Å². The van der Waals surface area contributed by atoms with Crippen LogP contribution >= 0.6 is 27.3 Å². The number of thiophene rings is 1. The van der Waals surface area contributed by atoms with Gasteiger partial charge in [-0.2, -0.15) is 4.31 Å². The molecule has 1 fully saturated rings. The zero-order chi connectivity index (χ0) is 13.2. The van der Waals surface area contributed by atoms with E-state index in [0.717, 1.165) is 16.8 Å². The van der Waals surface area contributed by atoms with Crippen LogP contribution in [0.4, 0.5) is 0 Å². The van der Waals surface area contributed by atoms with Gasteiger partial charge in [0, 0.05) is 19.6 Å². The summed E-state index contributed by atoms with van der Waals surface area (Å²) < 4.78 is 27.3. The van der Waals surface area contributed by atoms with Crippen LogP contribution in [0.1, 0.15) is 19.3 Å². The zero-order valence-electron chi connectivity index (χ0n) is 10.2. The van der Waals surface area contributed by atoms with Gasteiger partial charge in [-0.1, -0.05) is 6.42 Å². The lowest BCUT2D eigenvalue weighted by atomic mass is 10.1. The molecule has 1 N–H and O–H groups in total. The van der Waals surface area contributed by atoms with Gasteiger partial charge in [-0.05, 0) is 47.4 Å². The number of hydrogen-bond donors (Lipinski definition) is 1. The second-order valence-electron chi connectivity index (χ2n) is 4.49. The van der Waals surface area contributed by atoms with Gasteiger partial charge in [0.05, 0.1) is 3.79 Å². The predicted molar refractivity (Wildman–Crippen MR) is 77.5 cm³/mol. The molecule has 2 heterocycles. The van der Waals surface area contributed by atoms with Crippen molar-refractivity contribution in [3.05, 3.63) is 15.9 Å². The molecule has 0 bridgehead atoms. The van der Waals surface area contributed by atoms with Crippen molar-refractivity contribution in [3.63, 3.8) is 0 Å². The van der Waals surface area contributed by atoms with E-state index >= 15 is 0 Å². The molecule has 4 nitrogen and oxygen atoms in total. The number of rotatable bonds is 4. The topological polar surface area (TPSA) is 49.4 Å². The quantitative estimate of drug-likeness (QED) is 0.904. The average Bonchev–Trinajstić information content (AvgIpc) is 2.78. The van der Waals surface area contributed by atoms with Crippen LogP contribution in [0.25, 0.3) is 0 Å². The van der Waals surface area contributed by atoms with Crippen LogP contribution < -0.4 is 5.32 Å². The van der Waals surface area contributed by atoms with Crippen molar-refractivity contribution in [2.75, 3.05) is 20.1 Å². The highest BCUT2D eigenvalue weighted by Gasteiger charge is 2.25. The van der Waals surface area contributed by atoms with Gasteiger partial charge in [-0.3, -0.25) is 0 Å². The van der Waals surface area contributed by atoms with E-state index in [-0.39, 0.29) is 6.04 Å². The van der Waals surface area contributed by atoms with Crippen LogP contribution in [-0.2, 0) is 10.0 Å². The lowest BCUT2D eigenvalue weighted by molar-refractivity contribution is 0.338. The van der Waals surface area contributed by atoms with Crippen molar-refractivity contribution < 1.29 is 8.42 Å². The van der Waals surface area contributed by atoms with Crippen molar-refractivity contribution in [1.82, 2.24) is 9.62 Å². The van der Waals surface area contributed by atoms with Crippen molar-refractivity contribution in [3.8, 4) is 0 Å². The Morgan fingerprint density at radius 2 is 2.28 bits per heavy atom. The highest BCUT2D eigenvalue weighted by Crippen LogP contribution is 2.28. The third-order valence-electron chi connectivity index (χ3n) is 3.10. The largest absolute Gasteiger partial charge is 0.313 e. The number of halogens is 1. The van der Waals surface area contributed by atoms with Gasteiger partial charge < -0.3 is 5.32 Å². The third kappa shape index (κ3) is 3.33. The number of hydrogen-bond acceptors (Lipinski definition) is 4. The standard InChI is InChI=1S/C11H17BrN2O2S2/c1-14(8-9-4-2-3-7-13-9)18(15,16)11-6-5-10(12)17-11/h5-6,9,13H,2-4,7-8H2,1H3/t9-/m1/s1. The molecule has 1 aromatic heterocycles. The molecule has 2 rings (SSSR count). The Bertz CT molecular complexity index is 495. The van der Waals surface area contributed by atoms with Gasteiger partial charge in [0.15, 0.2) is 0 Å². The molecule has 1 aliphatic heterocycles. The van der Waals surface area contributed by atoms with Gasteiger partial charge in [-0.25, -0.2) is 8.42 Å². The van der Waals surface area contributed by atoms with E-state index in [1.165, 1.54) is 28.5 Å². The fraction of sp³-hybridized carbons (Fsp3) is 0.636. The van der Waals surface area contributed by atoms with Crippen LogP contribution in [-0.4, -0.2) is 38.9 Å². The summed E-state index contributed by atoms with van der Waals surface area (Å²) in [6.45, 7) is 1.53. The van der Waals surface area contributed by atoms with Crippen LogP contribution in [0.2, 0.25) is 0 Å². The number of nitrogens with zero attached hydrogens (tertiary/aromatic N) is 1. The summed E-state index contributed by atoms with van der Waals surface area (Å²) in [7, 11) is -1.68. The Kier molecular flexibility index (Phi) is 4.82. The summed E-state index contributed by atoms with van der Waals surface area (Å²) in [5.41, 5.74) is 0. The normalized spacial score (nSPS) is 21.4. The van der Waals surface area contributed by atoms with E-state index in [0.29, 0.717) is 10.8 Å². The van der Waals surface area contributed by atoms with E-state index in [4.69, 9.17) is 0 Å². The summed E-state index contributed by atoms with van der Waals surface area (Å²) in [6, 6.07) is 3.70. The maximum atomic E-state index is 12.3. The van der Waals surface area contributed by atoms with E-state index in [9.17, 15) is 8.42 Å². The molecule has 102 valence electrons. The fourth-order valence-corrected chi connectivity index (χ4v) is 5.52. The average molecular weight is 353 g/mol. The lowest BCUT2D eigenvalue weighted by Gasteiger charge is -2.27. The molecular formula is C11H17BrN2O2S2. The Labute approximate surface area is 121 Å². The second-order valence-corrected chi connectivity index (χ2v) is 9.23. The van der Waals surface area contributed by atoms with Crippen LogP contribution in [0.3, 0.4) is 0 Å². The Balaban J connectivity index is 2.05. The molecule has 0 amide bonds. The summed E-state index contributed by atoms with van der Waals surface area (Å²) in [5, 5.41) is 3.37. The minimum Gasteiger partial charge on any atom is -0.313 e. The first kappa shape index (κ1) is 14.5. The summed E-state index contributed by atoms with van der Waals surface area (Å²) in [4.78, 5) is 0. The van der Waals surface area contributed by atoms with Gasteiger partial charge in [0.1, 0.15) is 4.21 Å². The summed E-state index contributed by atoms with van der Waals surface area (Å²) in [6.07, 6.45) is 3.41. The molecule has 1 saturated heterocycles. The van der Waals surface area contributed by atoms with Gasteiger partial charge in [-0.15, -0.1) is 11.3 Å². The highest BCUT2D eigenvalue weighted by molar-refractivity contribution is 9.11. The molecule has 0 aromatic carbocycles. The Hall–Kier alpha value is 0.0500. The van der Waals surface area contributed by atoms with Crippen molar-refractivity contribution in [1.29, 1.82) is 0 Å². The van der Waals surface area contributed by atoms with E-state index in [1.54, 1.807) is 19.2 Å². The summed E-state index contributed by atoms with van der Waals surface area (Å²) in [5.74, 6) is 0. The van der Waals surface area contributed by atoms with Gasteiger partial charge in [0.25, 0.3) is 10.0 Å². The Morgan fingerprint density at radius 1 is 1.50 bits per heavy atom. The molecule has 0 radical (unpaired) electrons. The minimum atomic E-state index is -3.34. The van der Waals surface area contributed by atoms with E-state index in [1.807, 2.05) is 0 Å². The monoisotopic (exact) mass is 352 g/mol. The minimum absolute atomic E-state index is 0.280.